The van der Waals surface area contributed by atoms with Crippen molar-refractivity contribution in [3.8, 4) is 0 Å². The Kier molecular flexibility index (Phi) is 4.37. The van der Waals surface area contributed by atoms with Crippen LogP contribution in [-0.4, -0.2) is 33.8 Å². The molecule has 0 radical (unpaired) electrons. The highest BCUT2D eigenvalue weighted by molar-refractivity contribution is 7.00. The second-order valence-electron chi connectivity index (χ2n) is 7.23. The molecule has 138 valence electrons. The minimum Gasteiger partial charge on any atom is -0.459 e. The van der Waals surface area contributed by atoms with Crippen molar-refractivity contribution >= 4 is 33.7 Å². The Hall–Kier alpha value is -2.32. The summed E-state index contributed by atoms with van der Waals surface area (Å²) in [4.78, 5) is 2.36. The molecule has 2 atom stereocenters. The van der Waals surface area contributed by atoms with E-state index in [2.05, 4.69) is 61.9 Å². The number of hydrogen-bond acceptors (Lipinski definition) is 7. The zero-order chi connectivity index (χ0) is 18.2. The second kappa shape index (κ2) is 7.01. The zero-order valence-electron chi connectivity index (χ0n) is 15.1. The summed E-state index contributed by atoms with van der Waals surface area (Å²) in [6.07, 6.45) is 0. The molecule has 0 amide bonds. The summed E-state index contributed by atoms with van der Waals surface area (Å²) in [5.41, 5.74) is 10.8. The molecule has 0 bridgehead atoms. The SMILES string of the molecule is CN(Cc1ccc2nsnc2c1)CC1CNNC1c1cc2ccccc2o1. The Morgan fingerprint density at radius 2 is 2.04 bits per heavy atom. The van der Waals surface area contributed by atoms with Gasteiger partial charge >= 0.3 is 0 Å². The van der Waals surface area contributed by atoms with Gasteiger partial charge in [-0.15, -0.1) is 0 Å². The van der Waals surface area contributed by atoms with Crippen molar-refractivity contribution in [2.45, 2.75) is 12.6 Å². The molecule has 1 saturated heterocycles. The third-order valence-electron chi connectivity index (χ3n) is 5.16. The average Bonchev–Trinajstić information content (AvgIpc) is 3.39. The van der Waals surface area contributed by atoms with Gasteiger partial charge in [0.25, 0.3) is 0 Å². The van der Waals surface area contributed by atoms with Crippen LogP contribution in [0.4, 0.5) is 0 Å². The van der Waals surface area contributed by atoms with E-state index in [0.717, 1.165) is 47.4 Å². The molecule has 6 nitrogen and oxygen atoms in total. The molecular weight excluding hydrogens is 358 g/mol. The molecule has 2 N–H and O–H groups in total. The van der Waals surface area contributed by atoms with Crippen LogP contribution in [0, 0.1) is 5.92 Å². The van der Waals surface area contributed by atoms with Gasteiger partial charge in [-0.1, -0.05) is 24.3 Å². The zero-order valence-corrected chi connectivity index (χ0v) is 15.9. The molecule has 1 fully saturated rings. The summed E-state index contributed by atoms with van der Waals surface area (Å²) < 4.78 is 14.7. The molecule has 0 saturated carbocycles. The van der Waals surface area contributed by atoms with E-state index in [4.69, 9.17) is 4.42 Å². The largest absolute Gasteiger partial charge is 0.459 e. The molecule has 3 heterocycles. The molecular formula is C20H21N5OS. The minimum atomic E-state index is 0.171. The molecule has 0 aliphatic carbocycles. The van der Waals surface area contributed by atoms with Crippen molar-refractivity contribution < 1.29 is 4.42 Å². The number of nitrogens with one attached hydrogen (secondary N) is 2. The molecule has 2 aromatic heterocycles. The standard InChI is InChI=1S/C20H21N5OS/c1-25(11-13-6-7-16-17(8-13)24-27-23-16)12-15-10-21-22-20(15)19-9-14-4-2-3-5-18(14)26-19/h2-9,15,20-22H,10-12H2,1H3. The number of hydrazine groups is 1. The van der Waals surface area contributed by atoms with Crippen molar-refractivity contribution in [3.63, 3.8) is 0 Å². The Morgan fingerprint density at radius 1 is 1.15 bits per heavy atom. The molecule has 7 heteroatoms. The Labute approximate surface area is 161 Å². The molecule has 1 aliphatic heterocycles. The highest BCUT2D eigenvalue weighted by atomic mass is 32.1. The van der Waals surface area contributed by atoms with Crippen LogP contribution in [-0.2, 0) is 6.54 Å². The van der Waals surface area contributed by atoms with Crippen LogP contribution in [0.25, 0.3) is 22.0 Å². The number of furan rings is 1. The number of hydrogen-bond donors (Lipinski definition) is 2. The molecule has 1 aliphatic rings. The Balaban J connectivity index is 1.29. The van der Waals surface area contributed by atoms with Crippen LogP contribution in [0.5, 0.6) is 0 Å². The van der Waals surface area contributed by atoms with Crippen LogP contribution < -0.4 is 10.9 Å². The summed E-state index contributed by atoms with van der Waals surface area (Å²) in [5.74, 6) is 1.43. The van der Waals surface area contributed by atoms with E-state index < -0.39 is 0 Å². The minimum absolute atomic E-state index is 0.171. The first-order valence-electron chi connectivity index (χ1n) is 9.13. The Bertz CT molecular complexity index is 1040. The first-order chi connectivity index (χ1) is 13.3. The number of rotatable bonds is 5. The van der Waals surface area contributed by atoms with Gasteiger partial charge in [-0.25, -0.2) is 5.43 Å². The van der Waals surface area contributed by atoms with Crippen molar-refractivity contribution in [1.29, 1.82) is 0 Å². The second-order valence-corrected chi connectivity index (χ2v) is 7.76. The summed E-state index contributed by atoms with van der Waals surface area (Å²) in [6, 6.07) is 16.8. The maximum absolute atomic E-state index is 6.09. The maximum atomic E-state index is 6.09. The first-order valence-corrected chi connectivity index (χ1v) is 9.86. The third kappa shape index (κ3) is 3.35. The fourth-order valence-electron chi connectivity index (χ4n) is 3.87. The fraction of sp³-hybridized carbons (Fsp3) is 0.300. The molecule has 2 unspecified atom stereocenters. The van der Waals surface area contributed by atoms with E-state index >= 15 is 0 Å². The van der Waals surface area contributed by atoms with Gasteiger partial charge in [0, 0.05) is 30.9 Å². The van der Waals surface area contributed by atoms with E-state index in [-0.39, 0.29) is 6.04 Å². The average molecular weight is 379 g/mol. The summed E-state index contributed by atoms with van der Waals surface area (Å²) in [7, 11) is 2.16. The fourth-order valence-corrected chi connectivity index (χ4v) is 4.38. The van der Waals surface area contributed by atoms with Gasteiger partial charge in [0.1, 0.15) is 22.4 Å². The van der Waals surface area contributed by atoms with Crippen LogP contribution in [0.15, 0.2) is 52.9 Å². The lowest BCUT2D eigenvalue weighted by atomic mass is 9.99. The highest BCUT2D eigenvalue weighted by Gasteiger charge is 2.31. The number of aromatic nitrogens is 2. The van der Waals surface area contributed by atoms with Gasteiger partial charge in [0.15, 0.2) is 0 Å². The van der Waals surface area contributed by atoms with Crippen molar-refractivity contribution in [1.82, 2.24) is 24.5 Å². The normalized spacial score (nSPS) is 20.2. The van der Waals surface area contributed by atoms with Crippen molar-refractivity contribution in [2.24, 2.45) is 5.92 Å². The van der Waals surface area contributed by atoms with E-state index in [1.54, 1.807) is 0 Å². The van der Waals surface area contributed by atoms with Gasteiger partial charge < -0.3 is 9.32 Å². The van der Waals surface area contributed by atoms with E-state index in [9.17, 15) is 0 Å². The van der Waals surface area contributed by atoms with Crippen molar-refractivity contribution in [3.05, 3.63) is 59.9 Å². The Morgan fingerprint density at radius 3 is 2.96 bits per heavy atom. The maximum Gasteiger partial charge on any atom is 0.134 e. The first kappa shape index (κ1) is 16.8. The third-order valence-corrected chi connectivity index (χ3v) is 5.72. The van der Waals surface area contributed by atoms with Gasteiger partial charge in [0.05, 0.1) is 17.8 Å². The van der Waals surface area contributed by atoms with E-state index in [0.29, 0.717) is 5.92 Å². The summed E-state index contributed by atoms with van der Waals surface area (Å²) in [6.45, 7) is 2.77. The van der Waals surface area contributed by atoms with Crippen LogP contribution in [0.1, 0.15) is 17.4 Å². The predicted octanol–water partition coefficient (Wildman–Crippen LogP) is 3.33. The predicted molar refractivity (Wildman–Crippen MR) is 107 cm³/mol. The van der Waals surface area contributed by atoms with E-state index in [1.807, 2.05) is 18.2 Å². The molecule has 27 heavy (non-hydrogen) atoms. The lowest BCUT2D eigenvalue weighted by molar-refractivity contribution is 0.252. The molecule has 5 rings (SSSR count). The number of fused-ring (bicyclic) bond motifs is 2. The smallest absolute Gasteiger partial charge is 0.134 e. The number of nitrogens with zero attached hydrogens (tertiary/aromatic N) is 3. The van der Waals surface area contributed by atoms with Gasteiger partial charge in [-0.2, -0.15) is 8.75 Å². The van der Waals surface area contributed by atoms with Crippen molar-refractivity contribution in [2.75, 3.05) is 20.1 Å². The van der Waals surface area contributed by atoms with Crippen LogP contribution in [0.2, 0.25) is 0 Å². The van der Waals surface area contributed by atoms with Gasteiger partial charge in [-0.05, 0) is 36.9 Å². The lowest BCUT2D eigenvalue weighted by Gasteiger charge is -2.23. The number of benzene rings is 2. The van der Waals surface area contributed by atoms with Crippen LogP contribution in [0.3, 0.4) is 0 Å². The van der Waals surface area contributed by atoms with Crippen LogP contribution >= 0.6 is 11.7 Å². The molecule has 0 spiro atoms. The highest BCUT2D eigenvalue weighted by Crippen LogP contribution is 2.30. The molecule has 2 aromatic carbocycles. The van der Waals surface area contributed by atoms with Gasteiger partial charge in [0.2, 0.25) is 0 Å². The topological polar surface area (TPSA) is 66.2 Å². The summed E-state index contributed by atoms with van der Waals surface area (Å²) >= 11 is 1.27. The lowest BCUT2D eigenvalue weighted by Crippen LogP contribution is -2.30. The molecule has 4 aromatic rings. The van der Waals surface area contributed by atoms with E-state index in [1.165, 1.54) is 17.3 Å². The monoisotopic (exact) mass is 379 g/mol. The summed E-state index contributed by atoms with van der Waals surface area (Å²) in [5, 5.41) is 1.15. The van der Waals surface area contributed by atoms with Gasteiger partial charge in [-0.3, -0.25) is 5.43 Å². The number of para-hydroxylation sites is 1. The quantitative estimate of drug-likeness (QED) is 0.554.